The van der Waals surface area contributed by atoms with Crippen LogP contribution in [-0.4, -0.2) is 32.9 Å². The Bertz CT molecular complexity index is 1060. The van der Waals surface area contributed by atoms with Gasteiger partial charge in [-0.2, -0.15) is 0 Å². The molecule has 2 aromatic heterocycles. The third-order valence-corrected chi connectivity index (χ3v) is 4.85. The highest BCUT2D eigenvalue weighted by atomic mass is 35.5. The number of H-pyrrole nitrogens is 1. The molecule has 0 aliphatic heterocycles. The van der Waals surface area contributed by atoms with Gasteiger partial charge in [-0.15, -0.1) is 0 Å². The van der Waals surface area contributed by atoms with E-state index >= 15 is 0 Å². The van der Waals surface area contributed by atoms with Crippen LogP contribution in [0.4, 0.5) is 17.3 Å². The van der Waals surface area contributed by atoms with Crippen LogP contribution >= 0.6 is 11.6 Å². The number of unbranched alkanes of at least 4 members (excludes halogenated alkanes) is 1. The summed E-state index contributed by atoms with van der Waals surface area (Å²) < 4.78 is 1.26. The van der Waals surface area contributed by atoms with Crippen molar-refractivity contribution in [3.05, 3.63) is 44.2 Å². The minimum absolute atomic E-state index is 0.0147. The van der Waals surface area contributed by atoms with Gasteiger partial charge in [-0.25, -0.2) is 9.78 Å². The zero-order valence-electron chi connectivity index (χ0n) is 18.5. The van der Waals surface area contributed by atoms with E-state index in [-0.39, 0.29) is 36.8 Å². The largest absolute Gasteiger partial charge is 0.383 e. The molecular weight excluding hydrogens is 436 g/mol. The predicted octanol–water partition coefficient (Wildman–Crippen LogP) is 2.38. The Morgan fingerprint density at radius 2 is 2.00 bits per heavy atom. The van der Waals surface area contributed by atoms with Crippen LogP contribution in [0, 0.1) is 5.92 Å². The first-order chi connectivity index (χ1) is 15.1. The number of carbonyl (C=O) groups excluding carboxylic acids is 2. The highest BCUT2D eigenvalue weighted by molar-refractivity contribution is 6.30. The van der Waals surface area contributed by atoms with E-state index in [1.165, 1.54) is 15.7 Å². The van der Waals surface area contributed by atoms with Gasteiger partial charge in [0.05, 0.1) is 5.02 Å². The molecule has 32 heavy (non-hydrogen) atoms. The minimum atomic E-state index is -0.732. The molecule has 4 N–H and O–H groups in total. The van der Waals surface area contributed by atoms with Gasteiger partial charge in [-0.05, 0) is 24.5 Å². The van der Waals surface area contributed by atoms with Crippen LogP contribution in [0.1, 0.15) is 46.5 Å². The SMILES string of the molecule is CCCCn1c(N)c(N(CC(C)C)C(=O)CCC(=O)Nc2ccc(Cl)cn2)c(=O)[nH]c1=O. The molecule has 0 saturated heterocycles. The Kier molecular flexibility index (Phi) is 9.01. The second kappa shape index (κ2) is 11.5. The summed E-state index contributed by atoms with van der Waals surface area (Å²) >= 11 is 5.77. The second-order valence-electron chi connectivity index (χ2n) is 7.81. The van der Waals surface area contributed by atoms with Crippen LogP contribution in [0.2, 0.25) is 5.02 Å². The lowest BCUT2D eigenvalue weighted by Gasteiger charge is -2.26. The first kappa shape index (κ1) is 25.1. The van der Waals surface area contributed by atoms with Crippen LogP contribution < -0.4 is 27.2 Å². The molecule has 0 spiro atoms. The van der Waals surface area contributed by atoms with Crippen molar-refractivity contribution in [3.63, 3.8) is 0 Å². The third kappa shape index (κ3) is 6.68. The Labute approximate surface area is 190 Å². The topological polar surface area (TPSA) is 143 Å². The second-order valence-corrected chi connectivity index (χ2v) is 8.24. The third-order valence-electron chi connectivity index (χ3n) is 4.63. The van der Waals surface area contributed by atoms with Crippen LogP contribution in [0.15, 0.2) is 27.9 Å². The summed E-state index contributed by atoms with van der Waals surface area (Å²) in [4.78, 5) is 57.5. The molecular formula is C21H29ClN6O4. The number of hydrogen-bond donors (Lipinski definition) is 3. The quantitative estimate of drug-likeness (QED) is 0.492. The standard InChI is InChI=1S/C21H29ClN6O4/c1-4-5-10-27-19(23)18(20(31)26-21(27)32)28(12-13(2)3)17(30)9-8-16(29)25-15-7-6-14(22)11-24-15/h6-7,11,13H,4-5,8-10,12,23H2,1-3H3,(H,24,25,29)(H,26,31,32). The van der Waals surface area contributed by atoms with Crippen molar-refractivity contribution in [2.45, 2.75) is 53.0 Å². The molecule has 0 radical (unpaired) electrons. The number of aromatic nitrogens is 3. The first-order valence-electron chi connectivity index (χ1n) is 10.5. The Morgan fingerprint density at radius 3 is 2.59 bits per heavy atom. The van der Waals surface area contributed by atoms with E-state index in [9.17, 15) is 19.2 Å². The molecule has 2 rings (SSSR count). The van der Waals surface area contributed by atoms with Crippen molar-refractivity contribution in [2.75, 3.05) is 22.5 Å². The summed E-state index contributed by atoms with van der Waals surface area (Å²) in [6, 6.07) is 3.13. The molecule has 0 fully saturated rings. The highest BCUT2D eigenvalue weighted by Crippen LogP contribution is 2.20. The molecule has 2 amide bonds. The number of anilines is 3. The van der Waals surface area contributed by atoms with Crippen molar-refractivity contribution in [3.8, 4) is 0 Å². The van der Waals surface area contributed by atoms with Crippen LogP contribution in [0.25, 0.3) is 0 Å². The highest BCUT2D eigenvalue weighted by Gasteiger charge is 2.25. The molecule has 10 nitrogen and oxygen atoms in total. The molecule has 2 heterocycles. The van der Waals surface area contributed by atoms with Crippen molar-refractivity contribution in [2.24, 2.45) is 5.92 Å². The molecule has 11 heteroatoms. The molecule has 0 aliphatic rings. The number of nitrogens with one attached hydrogen (secondary N) is 2. The molecule has 0 atom stereocenters. The van der Waals surface area contributed by atoms with E-state index in [1.54, 1.807) is 12.1 Å². The number of nitrogens with two attached hydrogens (primary N) is 1. The van der Waals surface area contributed by atoms with Crippen molar-refractivity contribution >= 4 is 40.7 Å². The number of aromatic amines is 1. The van der Waals surface area contributed by atoms with Crippen LogP contribution in [0.5, 0.6) is 0 Å². The molecule has 0 aromatic carbocycles. The monoisotopic (exact) mass is 464 g/mol. The number of rotatable bonds is 10. The maximum Gasteiger partial charge on any atom is 0.330 e. The first-order valence-corrected chi connectivity index (χ1v) is 10.9. The molecule has 0 bridgehead atoms. The smallest absolute Gasteiger partial charge is 0.330 e. The average molecular weight is 465 g/mol. The van der Waals surface area contributed by atoms with Crippen molar-refractivity contribution in [1.29, 1.82) is 0 Å². The Hall–Kier alpha value is -3.14. The summed E-state index contributed by atoms with van der Waals surface area (Å²) in [6.07, 6.45) is 2.64. The summed E-state index contributed by atoms with van der Waals surface area (Å²) in [5.74, 6) is -0.588. The van der Waals surface area contributed by atoms with Gasteiger partial charge in [0.15, 0.2) is 5.69 Å². The van der Waals surface area contributed by atoms with Gasteiger partial charge >= 0.3 is 5.69 Å². The lowest BCUT2D eigenvalue weighted by molar-refractivity contribution is -0.122. The van der Waals surface area contributed by atoms with Gasteiger partial charge in [0.25, 0.3) is 5.56 Å². The number of nitrogen functional groups attached to an aromatic ring is 1. The maximum atomic E-state index is 13.0. The molecule has 0 saturated carbocycles. The van der Waals surface area contributed by atoms with E-state index in [0.717, 1.165) is 6.42 Å². The minimum Gasteiger partial charge on any atom is -0.383 e. The van der Waals surface area contributed by atoms with Gasteiger partial charge in [0.2, 0.25) is 11.8 Å². The van der Waals surface area contributed by atoms with Crippen LogP contribution in [-0.2, 0) is 16.1 Å². The molecule has 2 aromatic rings. The number of pyridine rings is 1. The number of hydrogen-bond acceptors (Lipinski definition) is 6. The van der Waals surface area contributed by atoms with E-state index < -0.39 is 23.1 Å². The van der Waals surface area contributed by atoms with Gasteiger partial charge < -0.3 is 16.0 Å². The predicted molar refractivity (Wildman–Crippen MR) is 125 cm³/mol. The average Bonchev–Trinajstić information content (AvgIpc) is 2.72. The number of halogens is 1. The van der Waals surface area contributed by atoms with E-state index in [1.807, 2.05) is 20.8 Å². The van der Waals surface area contributed by atoms with Gasteiger partial charge in [0.1, 0.15) is 11.6 Å². The molecule has 0 aliphatic carbocycles. The molecule has 0 unspecified atom stereocenters. The zero-order valence-corrected chi connectivity index (χ0v) is 19.2. The Morgan fingerprint density at radius 1 is 1.28 bits per heavy atom. The summed E-state index contributed by atoms with van der Waals surface area (Å²) in [6.45, 7) is 6.27. The summed E-state index contributed by atoms with van der Waals surface area (Å²) in [7, 11) is 0. The van der Waals surface area contributed by atoms with E-state index in [2.05, 4.69) is 15.3 Å². The van der Waals surface area contributed by atoms with Gasteiger partial charge in [0, 0.05) is 32.1 Å². The normalized spacial score (nSPS) is 10.9. The van der Waals surface area contributed by atoms with Crippen molar-refractivity contribution in [1.82, 2.24) is 14.5 Å². The molecule has 174 valence electrons. The lowest BCUT2D eigenvalue weighted by Crippen LogP contribution is -2.42. The fraction of sp³-hybridized carbons (Fsp3) is 0.476. The van der Waals surface area contributed by atoms with Crippen molar-refractivity contribution < 1.29 is 9.59 Å². The summed E-state index contributed by atoms with van der Waals surface area (Å²) in [5, 5.41) is 3.02. The van der Waals surface area contributed by atoms with E-state index in [0.29, 0.717) is 23.8 Å². The maximum absolute atomic E-state index is 13.0. The zero-order chi connectivity index (χ0) is 23.8. The number of amides is 2. The number of carbonyl (C=O) groups is 2. The summed E-state index contributed by atoms with van der Waals surface area (Å²) in [5.41, 5.74) is 4.74. The number of nitrogens with zero attached hydrogens (tertiary/aromatic N) is 3. The van der Waals surface area contributed by atoms with Gasteiger partial charge in [-0.1, -0.05) is 38.8 Å². The van der Waals surface area contributed by atoms with Gasteiger partial charge in [-0.3, -0.25) is 23.9 Å². The van der Waals surface area contributed by atoms with Crippen LogP contribution in [0.3, 0.4) is 0 Å². The fourth-order valence-electron chi connectivity index (χ4n) is 3.07. The van der Waals surface area contributed by atoms with E-state index in [4.69, 9.17) is 17.3 Å². The fourth-order valence-corrected chi connectivity index (χ4v) is 3.18. The lowest BCUT2D eigenvalue weighted by atomic mass is 10.1. The Balaban J connectivity index is 2.23.